The molecule has 1 nitrogen and oxygen atoms in total. The lowest BCUT2D eigenvalue weighted by Crippen LogP contribution is -2.37. The first-order chi connectivity index (χ1) is 7.40. The number of alkyl halides is 4. The topological polar surface area (TPSA) is 9.23 Å². The molecule has 0 aromatic carbocycles. The molecule has 96 valence electrons. The molecular formula is C11H18BrF3O. The molecule has 0 saturated heterocycles. The maximum absolute atomic E-state index is 12.3. The molecule has 1 saturated carbocycles. The minimum absolute atomic E-state index is 0.0856. The molecule has 1 fully saturated rings. The lowest BCUT2D eigenvalue weighted by Gasteiger charge is -2.36. The SMILES string of the molecule is CC(OCC1(CBr)CCCCC1)C(F)(F)F. The van der Waals surface area contributed by atoms with Crippen LogP contribution in [-0.2, 0) is 4.74 Å². The van der Waals surface area contributed by atoms with Crippen molar-refractivity contribution >= 4 is 15.9 Å². The smallest absolute Gasteiger partial charge is 0.368 e. The summed E-state index contributed by atoms with van der Waals surface area (Å²) in [5.74, 6) is 0. The van der Waals surface area contributed by atoms with Gasteiger partial charge in [-0.1, -0.05) is 35.2 Å². The Labute approximate surface area is 103 Å². The normalized spacial score (nSPS) is 23.1. The number of hydrogen-bond donors (Lipinski definition) is 0. The van der Waals surface area contributed by atoms with E-state index in [2.05, 4.69) is 15.9 Å². The number of rotatable bonds is 4. The molecule has 0 radical (unpaired) electrons. The van der Waals surface area contributed by atoms with Gasteiger partial charge < -0.3 is 4.74 Å². The van der Waals surface area contributed by atoms with Crippen LogP contribution in [0.3, 0.4) is 0 Å². The van der Waals surface area contributed by atoms with Gasteiger partial charge in [-0.2, -0.15) is 13.2 Å². The van der Waals surface area contributed by atoms with E-state index in [9.17, 15) is 13.2 Å². The first-order valence-corrected chi connectivity index (χ1v) is 6.76. The molecule has 0 N–H and O–H groups in total. The van der Waals surface area contributed by atoms with Crippen LogP contribution in [0, 0.1) is 5.41 Å². The van der Waals surface area contributed by atoms with Crippen molar-refractivity contribution in [2.75, 3.05) is 11.9 Å². The second kappa shape index (κ2) is 5.71. The molecule has 0 aliphatic heterocycles. The van der Waals surface area contributed by atoms with Gasteiger partial charge in [-0.25, -0.2) is 0 Å². The maximum Gasteiger partial charge on any atom is 0.414 e. The summed E-state index contributed by atoms with van der Waals surface area (Å²) in [6.45, 7) is 1.28. The second-order valence-corrected chi connectivity index (χ2v) is 5.25. The highest BCUT2D eigenvalue weighted by Crippen LogP contribution is 2.39. The molecule has 1 aliphatic carbocycles. The van der Waals surface area contributed by atoms with Crippen molar-refractivity contribution in [1.82, 2.24) is 0 Å². The summed E-state index contributed by atoms with van der Waals surface area (Å²) in [5, 5.41) is 0.727. The van der Waals surface area contributed by atoms with E-state index < -0.39 is 12.3 Å². The molecule has 1 aliphatic rings. The van der Waals surface area contributed by atoms with Crippen LogP contribution in [0.1, 0.15) is 39.0 Å². The van der Waals surface area contributed by atoms with Crippen LogP contribution in [0.2, 0.25) is 0 Å². The largest absolute Gasteiger partial charge is 0.414 e. The van der Waals surface area contributed by atoms with Gasteiger partial charge in [0.05, 0.1) is 6.61 Å². The molecule has 0 bridgehead atoms. The fraction of sp³-hybridized carbons (Fsp3) is 1.00. The standard InChI is InChI=1S/C11H18BrF3O/c1-9(11(13,14)15)16-8-10(7-12)5-3-2-4-6-10/h9H,2-8H2,1H3. The Kier molecular flexibility index (Phi) is 5.10. The average Bonchev–Trinajstić information content (AvgIpc) is 2.26. The van der Waals surface area contributed by atoms with E-state index >= 15 is 0 Å². The predicted molar refractivity (Wildman–Crippen MR) is 60.8 cm³/mol. The molecule has 16 heavy (non-hydrogen) atoms. The van der Waals surface area contributed by atoms with E-state index in [1.54, 1.807) is 0 Å². The monoisotopic (exact) mass is 302 g/mol. The summed E-state index contributed by atoms with van der Waals surface area (Å²) < 4.78 is 41.9. The van der Waals surface area contributed by atoms with E-state index in [0.29, 0.717) is 0 Å². The maximum atomic E-state index is 12.3. The van der Waals surface area contributed by atoms with E-state index in [4.69, 9.17) is 4.74 Å². The third kappa shape index (κ3) is 3.91. The second-order valence-electron chi connectivity index (χ2n) is 4.69. The first-order valence-electron chi connectivity index (χ1n) is 5.64. The Morgan fingerprint density at radius 2 is 1.81 bits per heavy atom. The zero-order valence-corrected chi connectivity index (χ0v) is 11.0. The van der Waals surface area contributed by atoms with Crippen molar-refractivity contribution in [2.24, 2.45) is 5.41 Å². The Hall–Kier alpha value is 0.230. The van der Waals surface area contributed by atoms with Gasteiger partial charge in [0.2, 0.25) is 0 Å². The molecule has 0 spiro atoms. The van der Waals surface area contributed by atoms with Crippen molar-refractivity contribution < 1.29 is 17.9 Å². The summed E-state index contributed by atoms with van der Waals surface area (Å²) in [6, 6.07) is 0. The predicted octanol–water partition coefficient (Wildman–Crippen LogP) is 4.30. The third-order valence-electron chi connectivity index (χ3n) is 3.30. The lowest BCUT2D eigenvalue weighted by atomic mass is 9.76. The molecule has 1 rings (SSSR count). The summed E-state index contributed by atoms with van der Waals surface area (Å²) in [5.41, 5.74) is -0.0856. The van der Waals surface area contributed by atoms with Gasteiger partial charge >= 0.3 is 6.18 Å². The molecule has 1 unspecified atom stereocenters. The zero-order chi connectivity index (χ0) is 12.2. The van der Waals surface area contributed by atoms with Crippen molar-refractivity contribution in [3.05, 3.63) is 0 Å². The molecule has 0 aromatic rings. The van der Waals surface area contributed by atoms with Gasteiger partial charge in [-0.3, -0.25) is 0 Å². The third-order valence-corrected chi connectivity index (χ3v) is 4.49. The van der Waals surface area contributed by atoms with Crippen molar-refractivity contribution in [2.45, 2.75) is 51.3 Å². The van der Waals surface area contributed by atoms with Gasteiger partial charge in [0.25, 0.3) is 0 Å². The van der Waals surface area contributed by atoms with E-state index in [-0.39, 0.29) is 12.0 Å². The van der Waals surface area contributed by atoms with Gasteiger partial charge in [-0.15, -0.1) is 0 Å². The van der Waals surface area contributed by atoms with Crippen LogP contribution in [0.25, 0.3) is 0 Å². The molecule has 0 aromatic heterocycles. The van der Waals surface area contributed by atoms with E-state index in [1.807, 2.05) is 0 Å². The molecule has 0 heterocycles. The van der Waals surface area contributed by atoms with Gasteiger partial charge in [0.15, 0.2) is 6.10 Å². The molecule has 5 heteroatoms. The summed E-state index contributed by atoms with van der Waals surface area (Å²) in [7, 11) is 0. The molecular weight excluding hydrogens is 285 g/mol. The quantitative estimate of drug-likeness (QED) is 0.704. The van der Waals surface area contributed by atoms with E-state index in [0.717, 1.165) is 37.9 Å². The van der Waals surface area contributed by atoms with E-state index in [1.165, 1.54) is 6.42 Å². The average molecular weight is 303 g/mol. The van der Waals surface area contributed by atoms with Crippen LogP contribution < -0.4 is 0 Å². The highest BCUT2D eigenvalue weighted by molar-refractivity contribution is 9.09. The summed E-state index contributed by atoms with van der Waals surface area (Å²) in [6.07, 6.45) is -0.618. The Morgan fingerprint density at radius 3 is 2.25 bits per heavy atom. The fourth-order valence-electron chi connectivity index (χ4n) is 2.01. The van der Waals surface area contributed by atoms with Crippen molar-refractivity contribution in [3.8, 4) is 0 Å². The minimum Gasteiger partial charge on any atom is -0.368 e. The van der Waals surface area contributed by atoms with Crippen LogP contribution in [0.5, 0.6) is 0 Å². The first kappa shape index (κ1) is 14.3. The highest BCUT2D eigenvalue weighted by atomic mass is 79.9. The Balaban J connectivity index is 2.45. The fourth-order valence-corrected chi connectivity index (χ4v) is 2.74. The van der Waals surface area contributed by atoms with Crippen molar-refractivity contribution in [3.63, 3.8) is 0 Å². The summed E-state index contributed by atoms with van der Waals surface area (Å²) >= 11 is 3.41. The minimum atomic E-state index is -4.25. The number of ether oxygens (including phenoxy) is 1. The van der Waals surface area contributed by atoms with Crippen LogP contribution >= 0.6 is 15.9 Å². The van der Waals surface area contributed by atoms with Gasteiger partial charge in [-0.05, 0) is 19.8 Å². The lowest BCUT2D eigenvalue weighted by molar-refractivity contribution is -0.221. The zero-order valence-electron chi connectivity index (χ0n) is 9.45. The summed E-state index contributed by atoms with van der Waals surface area (Å²) in [4.78, 5) is 0. The Bertz CT molecular complexity index is 212. The Morgan fingerprint density at radius 1 is 1.25 bits per heavy atom. The highest BCUT2D eigenvalue weighted by Gasteiger charge is 2.39. The van der Waals surface area contributed by atoms with Gasteiger partial charge in [0.1, 0.15) is 0 Å². The van der Waals surface area contributed by atoms with Gasteiger partial charge in [0, 0.05) is 10.7 Å². The van der Waals surface area contributed by atoms with Crippen LogP contribution in [0.4, 0.5) is 13.2 Å². The van der Waals surface area contributed by atoms with Crippen LogP contribution in [-0.4, -0.2) is 24.2 Å². The van der Waals surface area contributed by atoms with Crippen LogP contribution in [0.15, 0.2) is 0 Å². The molecule has 1 atom stereocenters. The number of hydrogen-bond acceptors (Lipinski definition) is 1. The van der Waals surface area contributed by atoms with Crippen molar-refractivity contribution in [1.29, 1.82) is 0 Å². The number of halogens is 4. The molecule has 0 amide bonds.